The molecule has 2 aliphatic rings. The summed E-state index contributed by atoms with van der Waals surface area (Å²) in [6, 6.07) is 34.4. The first-order valence-electron chi connectivity index (χ1n) is 11.1. The normalized spacial score (nSPS) is 12.4. The van der Waals surface area contributed by atoms with Crippen LogP contribution in [0.15, 0.2) is 97.1 Å². The Morgan fingerprint density at radius 1 is 0.588 bits per heavy atom. The Morgan fingerprint density at radius 2 is 0.794 bits per heavy atom. The smallest absolute Gasteiger partial charge is 0.291 e. The van der Waals surface area contributed by atoms with Crippen molar-refractivity contribution in [3.05, 3.63) is 129 Å². The standard InChI is InChI=1S/2C14H13N.HNO3/c2*1-15-13-8-4-2-6-11(13)10-12-7-3-5-9-14(12)15;2-1(3)4/h2*2-9H,10H2,1H3;(H,2,3,4). The van der Waals surface area contributed by atoms with Gasteiger partial charge < -0.3 is 15.0 Å². The molecule has 0 fully saturated rings. The van der Waals surface area contributed by atoms with E-state index < -0.39 is 5.09 Å². The van der Waals surface area contributed by atoms with Gasteiger partial charge in [-0.1, -0.05) is 72.8 Å². The van der Waals surface area contributed by atoms with E-state index in [1.807, 2.05) is 0 Å². The van der Waals surface area contributed by atoms with Crippen LogP contribution in [-0.2, 0) is 12.8 Å². The van der Waals surface area contributed by atoms with Crippen molar-refractivity contribution in [2.45, 2.75) is 12.8 Å². The number of hydrogen-bond acceptors (Lipinski definition) is 4. The number of rotatable bonds is 0. The molecule has 2 aliphatic heterocycles. The summed E-state index contributed by atoms with van der Waals surface area (Å²) in [6.07, 6.45) is 2.10. The van der Waals surface area contributed by atoms with E-state index in [1.54, 1.807) is 0 Å². The molecule has 0 bridgehead atoms. The summed E-state index contributed by atoms with van der Waals surface area (Å²) in [5.74, 6) is 0. The Hall–Kier alpha value is -4.32. The van der Waals surface area contributed by atoms with Gasteiger partial charge in [0.1, 0.15) is 0 Å². The Kier molecular flexibility index (Phi) is 6.78. The fourth-order valence-electron chi connectivity index (χ4n) is 4.62. The topological polar surface area (TPSA) is 69.9 Å². The van der Waals surface area contributed by atoms with Crippen LogP contribution < -0.4 is 9.80 Å². The summed E-state index contributed by atoms with van der Waals surface area (Å²) in [5.41, 5.74) is 11.0. The highest BCUT2D eigenvalue weighted by molar-refractivity contribution is 5.74. The van der Waals surface area contributed by atoms with Crippen LogP contribution in [0.4, 0.5) is 22.7 Å². The molecule has 0 spiro atoms. The van der Waals surface area contributed by atoms with Crippen molar-refractivity contribution >= 4 is 22.7 Å². The molecule has 6 nitrogen and oxygen atoms in total. The number of hydrogen-bond donors (Lipinski definition) is 1. The summed E-state index contributed by atoms with van der Waals surface area (Å²) in [4.78, 5) is 12.9. The third kappa shape index (κ3) is 4.86. The Balaban J connectivity index is 0.000000140. The van der Waals surface area contributed by atoms with Crippen molar-refractivity contribution in [3.8, 4) is 0 Å². The van der Waals surface area contributed by atoms with Crippen LogP contribution in [0.25, 0.3) is 0 Å². The summed E-state index contributed by atoms with van der Waals surface area (Å²) in [7, 11) is 4.27. The first kappa shape index (κ1) is 22.9. The first-order chi connectivity index (χ1) is 16.5. The maximum absolute atomic E-state index is 8.36. The van der Waals surface area contributed by atoms with Crippen LogP contribution in [0.2, 0.25) is 0 Å². The highest BCUT2D eigenvalue weighted by Crippen LogP contribution is 2.37. The molecule has 34 heavy (non-hydrogen) atoms. The van der Waals surface area contributed by atoms with Gasteiger partial charge in [-0.3, -0.25) is 0 Å². The molecule has 0 aromatic heterocycles. The van der Waals surface area contributed by atoms with E-state index in [0.717, 1.165) is 12.8 Å². The van der Waals surface area contributed by atoms with Crippen LogP contribution in [0, 0.1) is 10.1 Å². The molecule has 2 heterocycles. The third-order valence-electron chi connectivity index (χ3n) is 6.17. The van der Waals surface area contributed by atoms with Gasteiger partial charge in [0.05, 0.1) is 0 Å². The molecule has 0 amide bonds. The summed E-state index contributed by atoms with van der Waals surface area (Å²) in [5, 5.41) is 13.6. The zero-order valence-electron chi connectivity index (χ0n) is 19.3. The fourth-order valence-corrected chi connectivity index (χ4v) is 4.62. The Bertz CT molecular complexity index is 1120. The lowest BCUT2D eigenvalue weighted by Gasteiger charge is -2.29. The second kappa shape index (κ2) is 10.1. The number of benzene rings is 4. The second-order valence-electron chi connectivity index (χ2n) is 8.22. The average Bonchev–Trinajstić information content (AvgIpc) is 2.85. The minimum atomic E-state index is -1.50. The zero-order valence-corrected chi connectivity index (χ0v) is 19.3. The van der Waals surface area contributed by atoms with E-state index in [1.165, 1.54) is 45.0 Å². The van der Waals surface area contributed by atoms with E-state index in [4.69, 9.17) is 15.3 Å². The number of anilines is 4. The fraction of sp³-hybridized carbons (Fsp3) is 0.143. The quantitative estimate of drug-likeness (QED) is 0.247. The van der Waals surface area contributed by atoms with Gasteiger partial charge in [-0.05, 0) is 46.5 Å². The number of nitrogens with zero attached hydrogens (tertiary/aromatic N) is 3. The summed E-state index contributed by atoms with van der Waals surface area (Å²) in [6.45, 7) is 0. The van der Waals surface area contributed by atoms with Gasteiger partial charge in [-0.15, -0.1) is 10.1 Å². The number of para-hydroxylation sites is 4. The molecule has 172 valence electrons. The molecule has 6 heteroatoms. The molecular formula is C28H27N3O3. The lowest BCUT2D eigenvalue weighted by Crippen LogP contribution is -2.18. The van der Waals surface area contributed by atoms with Crippen LogP contribution in [0.1, 0.15) is 22.3 Å². The Labute approximate surface area is 199 Å². The van der Waals surface area contributed by atoms with Crippen LogP contribution >= 0.6 is 0 Å². The summed E-state index contributed by atoms with van der Waals surface area (Å²) < 4.78 is 0. The van der Waals surface area contributed by atoms with E-state index in [-0.39, 0.29) is 0 Å². The van der Waals surface area contributed by atoms with Crippen molar-refractivity contribution in [2.75, 3.05) is 23.9 Å². The van der Waals surface area contributed by atoms with Gasteiger partial charge in [0.2, 0.25) is 0 Å². The van der Waals surface area contributed by atoms with E-state index >= 15 is 0 Å². The lowest BCUT2D eigenvalue weighted by molar-refractivity contribution is -0.742. The molecule has 6 rings (SSSR count). The predicted molar refractivity (Wildman–Crippen MR) is 136 cm³/mol. The highest BCUT2D eigenvalue weighted by atomic mass is 16.9. The Morgan fingerprint density at radius 3 is 1.03 bits per heavy atom. The van der Waals surface area contributed by atoms with Gasteiger partial charge in [0.15, 0.2) is 0 Å². The van der Waals surface area contributed by atoms with Crippen molar-refractivity contribution in [3.63, 3.8) is 0 Å². The largest absolute Gasteiger partial charge is 0.344 e. The van der Waals surface area contributed by atoms with E-state index in [9.17, 15) is 0 Å². The first-order valence-corrected chi connectivity index (χ1v) is 11.1. The minimum absolute atomic E-state index is 1.05. The predicted octanol–water partition coefficient (Wildman–Crippen LogP) is 6.37. The number of fused-ring (bicyclic) bond motifs is 4. The van der Waals surface area contributed by atoms with Crippen molar-refractivity contribution < 1.29 is 10.3 Å². The van der Waals surface area contributed by atoms with E-state index in [2.05, 4.69) is 121 Å². The molecule has 0 atom stereocenters. The minimum Gasteiger partial charge on any atom is -0.344 e. The molecule has 4 aromatic rings. The molecule has 0 aliphatic carbocycles. The molecule has 1 N–H and O–H groups in total. The van der Waals surface area contributed by atoms with E-state index in [0.29, 0.717) is 0 Å². The van der Waals surface area contributed by atoms with Gasteiger partial charge in [0, 0.05) is 49.7 Å². The average molecular weight is 454 g/mol. The van der Waals surface area contributed by atoms with Crippen molar-refractivity contribution in [2.24, 2.45) is 0 Å². The van der Waals surface area contributed by atoms with Gasteiger partial charge in [-0.2, -0.15) is 0 Å². The second-order valence-corrected chi connectivity index (χ2v) is 8.22. The van der Waals surface area contributed by atoms with Gasteiger partial charge in [0.25, 0.3) is 5.09 Å². The SMILES string of the molecule is CN1c2ccccc2Cc2ccccc21.CN1c2ccccc2Cc2ccccc21.O=[N+]([O-])O. The van der Waals surface area contributed by atoms with Crippen LogP contribution in [0.5, 0.6) is 0 Å². The monoisotopic (exact) mass is 453 g/mol. The van der Waals surface area contributed by atoms with Crippen LogP contribution in [-0.4, -0.2) is 24.4 Å². The van der Waals surface area contributed by atoms with Crippen molar-refractivity contribution in [1.29, 1.82) is 0 Å². The zero-order chi connectivity index (χ0) is 24.1. The maximum Gasteiger partial charge on any atom is 0.291 e. The molecule has 4 aromatic carbocycles. The molecule has 0 saturated heterocycles. The molecule has 0 unspecified atom stereocenters. The van der Waals surface area contributed by atoms with Gasteiger partial charge >= 0.3 is 0 Å². The third-order valence-corrected chi connectivity index (χ3v) is 6.17. The highest BCUT2D eigenvalue weighted by Gasteiger charge is 2.19. The molecular weight excluding hydrogens is 426 g/mol. The van der Waals surface area contributed by atoms with Gasteiger partial charge in [-0.25, -0.2) is 0 Å². The molecule has 0 radical (unpaired) electrons. The lowest BCUT2D eigenvalue weighted by atomic mass is 9.96. The summed E-state index contributed by atoms with van der Waals surface area (Å²) >= 11 is 0. The maximum atomic E-state index is 8.36. The van der Waals surface area contributed by atoms with Crippen LogP contribution in [0.3, 0.4) is 0 Å². The molecule has 0 saturated carbocycles. The van der Waals surface area contributed by atoms with Crippen molar-refractivity contribution in [1.82, 2.24) is 0 Å².